The van der Waals surface area contributed by atoms with E-state index in [2.05, 4.69) is 5.32 Å². The molecule has 2 aromatic carbocycles. The summed E-state index contributed by atoms with van der Waals surface area (Å²) in [6, 6.07) is 13.5. The molecule has 0 aromatic heterocycles. The summed E-state index contributed by atoms with van der Waals surface area (Å²) in [5, 5.41) is 13.5. The van der Waals surface area contributed by atoms with Gasteiger partial charge in [0, 0.05) is 18.2 Å². The smallest absolute Gasteiger partial charge is 0.138 e. The number of phenolic OH excluding ortho intramolecular Hbond substituents is 1. The lowest BCUT2D eigenvalue weighted by molar-refractivity contribution is 0.272. The van der Waals surface area contributed by atoms with Crippen molar-refractivity contribution in [2.75, 3.05) is 6.61 Å². The fraction of sp³-hybridized carbons (Fsp3) is 0.294. The zero-order chi connectivity index (χ0) is 15.2. The van der Waals surface area contributed by atoms with Crippen LogP contribution >= 0.6 is 11.6 Å². The summed E-state index contributed by atoms with van der Waals surface area (Å²) in [5.41, 5.74) is 2.00. The molecule has 0 heterocycles. The predicted molar refractivity (Wildman–Crippen MR) is 86.1 cm³/mol. The van der Waals surface area contributed by atoms with Crippen molar-refractivity contribution in [1.29, 1.82) is 0 Å². The van der Waals surface area contributed by atoms with E-state index in [1.165, 1.54) is 5.56 Å². The second kappa shape index (κ2) is 7.34. The van der Waals surface area contributed by atoms with Gasteiger partial charge in [0.15, 0.2) is 0 Å². The van der Waals surface area contributed by atoms with Gasteiger partial charge in [-0.05, 0) is 32.0 Å². The molecule has 0 aliphatic carbocycles. The second-order valence-corrected chi connectivity index (χ2v) is 5.56. The first kappa shape index (κ1) is 15.7. The largest absolute Gasteiger partial charge is 0.506 e. The van der Waals surface area contributed by atoms with Gasteiger partial charge in [-0.25, -0.2) is 0 Å². The van der Waals surface area contributed by atoms with E-state index in [9.17, 15) is 5.11 Å². The number of hydrogen-bond acceptors (Lipinski definition) is 3. The third kappa shape index (κ3) is 4.66. The first-order chi connectivity index (χ1) is 10.1. The third-order valence-electron chi connectivity index (χ3n) is 3.23. The van der Waals surface area contributed by atoms with Gasteiger partial charge in [-0.2, -0.15) is 0 Å². The Labute approximate surface area is 130 Å². The van der Waals surface area contributed by atoms with Crippen LogP contribution in [0.25, 0.3) is 0 Å². The Morgan fingerprint density at radius 1 is 1.19 bits per heavy atom. The number of nitrogens with one attached hydrogen (secondary N) is 1. The van der Waals surface area contributed by atoms with E-state index < -0.39 is 0 Å². The molecule has 0 bridgehead atoms. The SMILES string of the molecule is Cc1ccc(OCC(C)NCc2cccc(Cl)c2O)cc1. The first-order valence-corrected chi connectivity index (χ1v) is 7.33. The number of benzene rings is 2. The lowest BCUT2D eigenvalue weighted by Crippen LogP contribution is -2.31. The zero-order valence-electron chi connectivity index (χ0n) is 12.3. The van der Waals surface area contributed by atoms with Gasteiger partial charge in [0.1, 0.15) is 18.1 Å². The van der Waals surface area contributed by atoms with Crippen molar-refractivity contribution in [2.24, 2.45) is 0 Å². The monoisotopic (exact) mass is 305 g/mol. The highest BCUT2D eigenvalue weighted by Crippen LogP contribution is 2.26. The number of phenols is 1. The number of aromatic hydroxyl groups is 1. The van der Waals surface area contributed by atoms with E-state index in [4.69, 9.17) is 16.3 Å². The second-order valence-electron chi connectivity index (χ2n) is 5.15. The van der Waals surface area contributed by atoms with E-state index in [1.54, 1.807) is 6.07 Å². The molecule has 0 aliphatic rings. The van der Waals surface area contributed by atoms with Gasteiger partial charge in [-0.15, -0.1) is 0 Å². The minimum atomic E-state index is 0.137. The van der Waals surface area contributed by atoms with Gasteiger partial charge in [0.25, 0.3) is 0 Å². The highest BCUT2D eigenvalue weighted by molar-refractivity contribution is 6.32. The Bertz CT molecular complexity index is 584. The van der Waals surface area contributed by atoms with Gasteiger partial charge in [0.2, 0.25) is 0 Å². The van der Waals surface area contributed by atoms with Crippen molar-refractivity contribution < 1.29 is 9.84 Å². The Hall–Kier alpha value is -1.71. The maximum atomic E-state index is 9.84. The summed E-state index contributed by atoms with van der Waals surface area (Å²) in [7, 11) is 0. The van der Waals surface area contributed by atoms with E-state index in [-0.39, 0.29) is 11.8 Å². The maximum Gasteiger partial charge on any atom is 0.138 e. The molecule has 0 spiro atoms. The third-order valence-corrected chi connectivity index (χ3v) is 3.54. The predicted octanol–water partition coefficient (Wildman–Crippen LogP) is 3.91. The molecule has 2 rings (SSSR count). The summed E-state index contributed by atoms with van der Waals surface area (Å²) in [6.07, 6.45) is 0. The van der Waals surface area contributed by atoms with Crippen molar-refractivity contribution in [3.63, 3.8) is 0 Å². The van der Waals surface area contributed by atoms with Crippen LogP contribution < -0.4 is 10.1 Å². The molecule has 0 aliphatic heterocycles. The molecular formula is C17H20ClNO2. The first-order valence-electron chi connectivity index (χ1n) is 6.95. The molecule has 0 fully saturated rings. The summed E-state index contributed by atoms with van der Waals surface area (Å²) in [5.74, 6) is 0.998. The maximum absolute atomic E-state index is 9.84. The van der Waals surface area contributed by atoms with Crippen LogP contribution in [0.15, 0.2) is 42.5 Å². The van der Waals surface area contributed by atoms with E-state index in [0.717, 1.165) is 11.3 Å². The van der Waals surface area contributed by atoms with Gasteiger partial charge in [-0.1, -0.05) is 41.4 Å². The molecule has 2 N–H and O–H groups in total. The van der Waals surface area contributed by atoms with Crippen molar-refractivity contribution in [3.8, 4) is 11.5 Å². The molecule has 112 valence electrons. The van der Waals surface area contributed by atoms with Crippen LogP contribution in [0.5, 0.6) is 11.5 Å². The fourth-order valence-electron chi connectivity index (χ4n) is 1.90. The van der Waals surface area contributed by atoms with Gasteiger partial charge in [0.05, 0.1) is 5.02 Å². The average molecular weight is 306 g/mol. The van der Waals surface area contributed by atoms with Crippen molar-refractivity contribution in [2.45, 2.75) is 26.4 Å². The molecular weight excluding hydrogens is 286 g/mol. The van der Waals surface area contributed by atoms with Gasteiger partial charge in [-0.3, -0.25) is 0 Å². The summed E-state index contributed by atoms with van der Waals surface area (Å²) in [6.45, 7) is 5.19. The Morgan fingerprint density at radius 3 is 2.62 bits per heavy atom. The molecule has 21 heavy (non-hydrogen) atoms. The minimum Gasteiger partial charge on any atom is -0.506 e. The number of hydrogen-bond donors (Lipinski definition) is 2. The van der Waals surface area contributed by atoms with Crippen LogP contribution in [0, 0.1) is 6.92 Å². The fourth-order valence-corrected chi connectivity index (χ4v) is 2.10. The quantitative estimate of drug-likeness (QED) is 0.850. The van der Waals surface area contributed by atoms with Crippen LogP contribution in [0.1, 0.15) is 18.1 Å². The molecule has 0 amide bonds. The Balaban J connectivity index is 1.80. The number of para-hydroxylation sites is 1. The van der Waals surface area contributed by atoms with E-state index >= 15 is 0 Å². The van der Waals surface area contributed by atoms with Crippen LogP contribution in [0.3, 0.4) is 0 Å². The topological polar surface area (TPSA) is 41.5 Å². The normalized spacial score (nSPS) is 12.1. The molecule has 0 saturated carbocycles. The highest BCUT2D eigenvalue weighted by atomic mass is 35.5. The van der Waals surface area contributed by atoms with E-state index in [1.807, 2.05) is 50.2 Å². The molecule has 2 aromatic rings. The number of ether oxygens (including phenoxy) is 1. The molecule has 3 nitrogen and oxygen atoms in total. The van der Waals surface area contributed by atoms with Gasteiger partial charge < -0.3 is 15.2 Å². The summed E-state index contributed by atoms with van der Waals surface area (Å²) in [4.78, 5) is 0. The summed E-state index contributed by atoms with van der Waals surface area (Å²) < 4.78 is 5.71. The van der Waals surface area contributed by atoms with Crippen LogP contribution in [0.2, 0.25) is 5.02 Å². The average Bonchev–Trinajstić information content (AvgIpc) is 2.48. The summed E-state index contributed by atoms with van der Waals surface area (Å²) >= 11 is 5.88. The zero-order valence-corrected chi connectivity index (χ0v) is 13.0. The number of rotatable bonds is 6. The van der Waals surface area contributed by atoms with Crippen LogP contribution in [0.4, 0.5) is 0 Å². The van der Waals surface area contributed by atoms with Crippen molar-refractivity contribution in [1.82, 2.24) is 5.32 Å². The lowest BCUT2D eigenvalue weighted by atomic mass is 10.2. The molecule has 0 saturated heterocycles. The van der Waals surface area contributed by atoms with E-state index in [0.29, 0.717) is 18.2 Å². The van der Waals surface area contributed by atoms with Gasteiger partial charge >= 0.3 is 0 Å². The minimum absolute atomic E-state index is 0.137. The lowest BCUT2D eigenvalue weighted by Gasteiger charge is -2.16. The number of halogens is 1. The molecule has 1 atom stereocenters. The van der Waals surface area contributed by atoms with Crippen molar-refractivity contribution in [3.05, 3.63) is 58.6 Å². The Morgan fingerprint density at radius 2 is 1.90 bits per heavy atom. The molecule has 1 unspecified atom stereocenters. The number of aryl methyl sites for hydroxylation is 1. The highest BCUT2D eigenvalue weighted by Gasteiger charge is 2.07. The molecule has 0 radical (unpaired) electrons. The Kier molecular flexibility index (Phi) is 5.48. The van der Waals surface area contributed by atoms with Crippen molar-refractivity contribution >= 4 is 11.6 Å². The molecule has 4 heteroatoms. The standard InChI is InChI=1S/C17H20ClNO2/c1-12-6-8-15(9-7-12)21-11-13(2)19-10-14-4-3-5-16(18)17(14)20/h3-9,13,19-20H,10-11H2,1-2H3. The van der Waals surface area contributed by atoms with Crippen LogP contribution in [-0.4, -0.2) is 17.8 Å². The van der Waals surface area contributed by atoms with Crippen LogP contribution in [-0.2, 0) is 6.54 Å².